The second-order valence-corrected chi connectivity index (χ2v) is 10.2. The molecule has 0 spiro atoms. The normalized spacial score (nSPS) is 21.2. The fraction of sp³-hybridized carbons (Fsp3) is 0.571. The van der Waals surface area contributed by atoms with Gasteiger partial charge in [0.15, 0.2) is 0 Å². The van der Waals surface area contributed by atoms with Crippen LogP contribution in [-0.4, -0.2) is 41.0 Å². The fourth-order valence-electron chi connectivity index (χ4n) is 4.76. The molecule has 2 heterocycles. The van der Waals surface area contributed by atoms with Gasteiger partial charge in [-0.2, -0.15) is 13.1 Å². The van der Waals surface area contributed by atoms with E-state index in [0.717, 1.165) is 34.1 Å². The van der Waals surface area contributed by atoms with E-state index in [-0.39, 0.29) is 19.1 Å². The highest BCUT2D eigenvalue weighted by Crippen LogP contribution is 2.35. The van der Waals surface area contributed by atoms with Gasteiger partial charge in [-0.1, -0.05) is 43.9 Å². The molecule has 1 saturated carbocycles. The van der Waals surface area contributed by atoms with Crippen LogP contribution in [-0.2, 0) is 23.1 Å². The number of imidazole rings is 1. The van der Waals surface area contributed by atoms with E-state index in [9.17, 15) is 17.2 Å². The lowest BCUT2D eigenvalue weighted by Gasteiger charge is -2.34. The summed E-state index contributed by atoms with van der Waals surface area (Å²) < 4.78 is 52.6. The van der Waals surface area contributed by atoms with Gasteiger partial charge in [-0.05, 0) is 30.4 Å². The van der Waals surface area contributed by atoms with Crippen molar-refractivity contribution in [3.8, 4) is 0 Å². The number of fused-ring (bicyclic) bond motifs is 1. The van der Waals surface area contributed by atoms with Crippen molar-refractivity contribution in [2.45, 2.75) is 63.4 Å². The minimum Gasteiger partial charge on any atom is -0.361 e. The number of hydrogen-bond acceptors (Lipinski definition) is 4. The van der Waals surface area contributed by atoms with Gasteiger partial charge >= 0.3 is 5.76 Å². The Morgan fingerprint density at radius 1 is 1.17 bits per heavy atom. The highest BCUT2D eigenvalue weighted by Gasteiger charge is 2.38. The molecule has 0 amide bonds. The van der Waals surface area contributed by atoms with Crippen LogP contribution in [0.25, 0.3) is 0 Å². The molecule has 0 radical (unpaired) electrons. The topological polar surface area (TPSA) is 69.3 Å². The Balaban J connectivity index is 1.68. The lowest BCUT2D eigenvalue weighted by Crippen LogP contribution is -2.45. The van der Waals surface area contributed by atoms with E-state index in [0.29, 0.717) is 12.5 Å². The van der Waals surface area contributed by atoms with Crippen molar-refractivity contribution in [2.75, 3.05) is 11.4 Å². The zero-order valence-corrected chi connectivity index (χ0v) is 17.7. The molecule has 0 unspecified atom stereocenters. The zero-order chi connectivity index (χ0) is 21.1. The number of nitrogens with one attached hydrogen (secondary N) is 1. The quantitative estimate of drug-likeness (QED) is 0.706. The third-order valence-electron chi connectivity index (χ3n) is 6.37. The van der Waals surface area contributed by atoms with E-state index < -0.39 is 15.8 Å². The molecule has 0 saturated heterocycles. The largest absolute Gasteiger partial charge is 0.361 e. The first-order valence-electron chi connectivity index (χ1n) is 10.5. The number of aromatic amines is 1. The Bertz CT molecular complexity index is 930. The lowest BCUT2D eigenvalue weighted by atomic mass is 9.97. The Kier molecular flexibility index (Phi) is 6.38. The number of alkyl halides is 2. The summed E-state index contributed by atoms with van der Waals surface area (Å²) in [6, 6.07) is 7.31. The summed E-state index contributed by atoms with van der Waals surface area (Å²) in [7, 11) is -4.67. The fourth-order valence-corrected chi connectivity index (χ4v) is 5.68. The summed E-state index contributed by atoms with van der Waals surface area (Å²) in [4.78, 5) is 9.36. The molecule has 1 aromatic heterocycles. The minimum absolute atomic E-state index is 0.0394. The van der Waals surface area contributed by atoms with Crippen LogP contribution in [0.4, 0.5) is 14.5 Å². The van der Waals surface area contributed by atoms with Gasteiger partial charge in [-0.25, -0.2) is 13.4 Å². The highest BCUT2D eigenvalue weighted by atomic mass is 32.2. The second-order valence-electron chi connectivity index (χ2n) is 8.31. The number of hydrogen-bond donors (Lipinski definition) is 1. The van der Waals surface area contributed by atoms with Crippen LogP contribution < -0.4 is 4.90 Å². The van der Waals surface area contributed by atoms with Crippen LogP contribution in [0.5, 0.6) is 0 Å². The number of rotatable bonds is 7. The monoisotopic (exact) mass is 438 g/mol. The molecule has 1 aliphatic heterocycles. The molecule has 1 fully saturated rings. The maximum absolute atomic E-state index is 13.4. The number of benzene rings is 1. The summed E-state index contributed by atoms with van der Waals surface area (Å²) >= 11 is 0. The molecule has 30 heavy (non-hydrogen) atoms. The summed E-state index contributed by atoms with van der Waals surface area (Å²) in [5.41, 5.74) is 2.54. The maximum Gasteiger partial charge on any atom is 0.350 e. The predicted molar refractivity (Wildman–Crippen MR) is 112 cm³/mol. The molecule has 0 bridgehead atoms. The van der Waals surface area contributed by atoms with Gasteiger partial charge < -0.3 is 9.88 Å². The first-order chi connectivity index (χ1) is 14.4. The summed E-state index contributed by atoms with van der Waals surface area (Å²) in [5.74, 6) is -2.78. The van der Waals surface area contributed by atoms with Crippen molar-refractivity contribution in [1.29, 1.82) is 0 Å². The number of sulfonamides is 1. The number of aromatic nitrogens is 2. The lowest BCUT2D eigenvalue weighted by molar-refractivity contribution is 0.215. The van der Waals surface area contributed by atoms with Crippen molar-refractivity contribution >= 4 is 15.7 Å². The molecule has 1 aromatic carbocycles. The van der Waals surface area contributed by atoms with Crippen LogP contribution in [0.1, 0.15) is 49.8 Å². The summed E-state index contributed by atoms with van der Waals surface area (Å²) in [5, 5.41) is 0. The van der Waals surface area contributed by atoms with Crippen LogP contribution in [0.15, 0.2) is 36.8 Å². The van der Waals surface area contributed by atoms with Gasteiger partial charge in [-0.15, -0.1) is 0 Å². The van der Waals surface area contributed by atoms with E-state index in [4.69, 9.17) is 0 Å². The first-order valence-corrected chi connectivity index (χ1v) is 12.0. The standard InChI is InChI=1S/C21H28F2N4O2S/c22-21(23)30(28,29)26-12-17-7-3-4-8-20(17)27(13-18-11-24-15-25-18)19(14-26)10-9-16-5-1-2-6-16/h3-4,7-8,11,15-16,19,21H,1-2,5-6,9-10,12-14H2,(H,24,25)/t19-/m0/s1. The summed E-state index contributed by atoms with van der Waals surface area (Å²) in [6.07, 6.45) is 9.97. The smallest absolute Gasteiger partial charge is 0.350 e. The summed E-state index contributed by atoms with van der Waals surface area (Å²) in [6.45, 7) is 0.541. The molecular weight excluding hydrogens is 410 g/mol. The van der Waals surface area contributed by atoms with Crippen LogP contribution in [0.2, 0.25) is 0 Å². The molecule has 1 aliphatic carbocycles. The highest BCUT2D eigenvalue weighted by molar-refractivity contribution is 7.89. The minimum atomic E-state index is -4.67. The molecule has 4 rings (SSSR count). The third-order valence-corrected chi connectivity index (χ3v) is 7.81. The third kappa shape index (κ3) is 4.51. The van der Waals surface area contributed by atoms with E-state index in [2.05, 4.69) is 14.9 Å². The number of halogens is 2. The van der Waals surface area contributed by atoms with Gasteiger partial charge in [0.1, 0.15) is 0 Å². The van der Waals surface area contributed by atoms with Crippen molar-refractivity contribution in [2.24, 2.45) is 5.92 Å². The van der Waals surface area contributed by atoms with Gasteiger partial charge in [0.2, 0.25) is 0 Å². The molecule has 1 N–H and O–H groups in total. The van der Waals surface area contributed by atoms with E-state index in [1.807, 2.05) is 24.3 Å². The Labute approximate surface area is 176 Å². The van der Waals surface area contributed by atoms with Crippen LogP contribution in [0, 0.1) is 5.92 Å². The average molecular weight is 439 g/mol. The van der Waals surface area contributed by atoms with Gasteiger partial charge in [0.25, 0.3) is 10.0 Å². The van der Waals surface area contributed by atoms with Gasteiger partial charge in [-0.3, -0.25) is 0 Å². The number of anilines is 1. The van der Waals surface area contributed by atoms with E-state index >= 15 is 0 Å². The molecule has 6 nitrogen and oxygen atoms in total. The van der Waals surface area contributed by atoms with Gasteiger partial charge in [0.05, 0.1) is 18.6 Å². The van der Waals surface area contributed by atoms with Crippen LogP contribution in [0.3, 0.4) is 0 Å². The SMILES string of the molecule is O=S(=O)(C(F)F)N1Cc2ccccc2N(Cc2cnc[nH]2)[C@@H](CCC2CCCC2)C1. The average Bonchev–Trinajstić information content (AvgIpc) is 3.40. The molecule has 9 heteroatoms. The molecule has 164 valence electrons. The number of para-hydroxylation sites is 1. The Hall–Kier alpha value is -2.00. The second kappa shape index (κ2) is 9.01. The molecular formula is C21H28F2N4O2S. The molecule has 1 atom stereocenters. The molecule has 2 aromatic rings. The van der Waals surface area contributed by atoms with Crippen LogP contribution >= 0.6 is 0 Å². The van der Waals surface area contributed by atoms with E-state index in [1.165, 1.54) is 25.7 Å². The predicted octanol–water partition coefficient (Wildman–Crippen LogP) is 4.12. The Morgan fingerprint density at radius 3 is 2.63 bits per heavy atom. The van der Waals surface area contributed by atoms with Crippen molar-refractivity contribution in [1.82, 2.24) is 14.3 Å². The first kappa shape index (κ1) is 21.2. The van der Waals surface area contributed by atoms with Gasteiger partial charge in [0, 0.05) is 31.0 Å². The van der Waals surface area contributed by atoms with Crippen molar-refractivity contribution < 1.29 is 17.2 Å². The Morgan fingerprint density at radius 2 is 1.93 bits per heavy atom. The number of H-pyrrole nitrogens is 1. The van der Waals surface area contributed by atoms with E-state index in [1.54, 1.807) is 12.5 Å². The zero-order valence-electron chi connectivity index (χ0n) is 16.9. The van der Waals surface area contributed by atoms with Crippen molar-refractivity contribution in [3.05, 3.63) is 48.0 Å². The van der Waals surface area contributed by atoms with Crippen molar-refractivity contribution in [3.63, 3.8) is 0 Å². The maximum atomic E-state index is 13.4. The number of nitrogens with zero attached hydrogens (tertiary/aromatic N) is 3. The molecule has 2 aliphatic rings.